The van der Waals surface area contributed by atoms with Crippen LogP contribution in [-0.4, -0.2) is 0 Å². The van der Waals surface area contributed by atoms with Crippen molar-refractivity contribution in [1.82, 2.24) is 0 Å². The first kappa shape index (κ1) is 7.11. The van der Waals surface area contributed by atoms with Crippen LogP contribution in [-0.2, 0) is 0 Å². The molecule has 3 atom stereocenters. The van der Waals surface area contributed by atoms with Gasteiger partial charge >= 0.3 is 0 Å². The summed E-state index contributed by atoms with van der Waals surface area (Å²) < 4.78 is 0. The van der Waals surface area contributed by atoms with Crippen LogP contribution in [0, 0.1) is 17.8 Å². The van der Waals surface area contributed by atoms with E-state index < -0.39 is 0 Å². The molecule has 2 unspecified atom stereocenters. The van der Waals surface area contributed by atoms with Crippen LogP contribution in [0.1, 0.15) is 40.0 Å². The van der Waals surface area contributed by atoms with Crippen LogP contribution < -0.4 is 0 Å². The van der Waals surface area contributed by atoms with Gasteiger partial charge in [-0.05, 0) is 24.2 Å². The molecule has 0 aromatic carbocycles. The first-order valence-electron chi connectivity index (χ1n) is 4.20. The fraction of sp³-hybridized carbons (Fsp3) is 1.00. The molecule has 0 aromatic rings. The zero-order valence-corrected chi connectivity index (χ0v) is 6.85. The predicted molar refractivity (Wildman–Crippen MR) is 41.3 cm³/mol. The highest BCUT2D eigenvalue weighted by molar-refractivity contribution is 4.72. The highest BCUT2D eigenvalue weighted by atomic mass is 14.3. The number of hydrogen-bond donors (Lipinski definition) is 0. The van der Waals surface area contributed by atoms with Gasteiger partial charge in [0.1, 0.15) is 0 Å². The van der Waals surface area contributed by atoms with E-state index >= 15 is 0 Å². The summed E-state index contributed by atoms with van der Waals surface area (Å²) in [7, 11) is 0. The fourth-order valence-electron chi connectivity index (χ4n) is 1.82. The summed E-state index contributed by atoms with van der Waals surface area (Å²) in [6, 6.07) is 0. The lowest BCUT2D eigenvalue weighted by atomic mass is 9.77. The molecule has 0 aliphatic heterocycles. The fourth-order valence-corrected chi connectivity index (χ4v) is 1.82. The molecular weight excluding hydrogens is 108 g/mol. The monoisotopic (exact) mass is 126 g/mol. The van der Waals surface area contributed by atoms with E-state index in [1.54, 1.807) is 0 Å². The molecule has 9 heavy (non-hydrogen) atoms. The molecular formula is C9H18. The second-order valence-corrected chi connectivity index (χ2v) is 3.87. The molecule has 1 saturated carbocycles. The lowest BCUT2D eigenvalue weighted by Crippen LogP contribution is -2.18. The third-order valence-electron chi connectivity index (χ3n) is 2.86. The van der Waals surface area contributed by atoms with Gasteiger partial charge in [0, 0.05) is 0 Å². The second-order valence-electron chi connectivity index (χ2n) is 3.87. The van der Waals surface area contributed by atoms with Gasteiger partial charge in [-0.1, -0.05) is 33.6 Å². The molecule has 0 radical (unpaired) electrons. The molecule has 0 amide bonds. The van der Waals surface area contributed by atoms with Gasteiger partial charge in [-0.15, -0.1) is 0 Å². The molecule has 1 aliphatic carbocycles. The minimum atomic E-state index is 0.980. The maximum atomic E-state index is 2.39. The van der Waals surface area contributed by atoms with Gasteiger partial charge in [0.15, 0.2) is 0 Å². The summed E-state index contributed by atoms with van der Waals surface area (Å²) in [5.74, 6) is 2.96. The lowest BCUT2D eigenvalue weighted by molar-refractivity contribution is 0.220. The summed E-state index contributed by atoms with van der Waals surface area (Å²) in [6.07, 6.45) is 4.38. The van der Waals surface area contributed by atoms with E-state index in [2.05, 4.69) is 20.8 Å². The van der Waals surface area contributed by atoms with Crippen LogP contribution >= 0.6 is 0 Å². The Hall–Kier alpha value is 0. The van der Waals surface area contributed by atoms with Crippen LogP contribution in [0.4, 0.5) is 0 Å². The van der Waals surface area contributed by atoms with E-state index in [0.29, 0.717) is 0 Å². The van der Waals surface area contributed by atoms with Gasteiger partial charge < -0.3 is 0 Å². The van der Waals surface area contributed by atoms with Gasteiger partial charge in [-0.3, -0.25) is 0 Å². The minimum absolute atomic E-state index is 0.980. The zero-order valence-electron chi connectivity index (χ0n) is 6.85. The molecule has 0 bridgehead atoms. The Kier molecular flexibility index (Phi) is 2.15. The van der Waals surface area contributed by atoms with Gasteiger partial charge in [-0.25, -0.2) is 0 Å². The quantitative estimate of drug-likeness (QED) is 0.468. The third kappa shape index (κ3) is 1.70. The summed E-state index contributed by atoms with van der Waals surface area (Å²) in [5, 5.41) is 0. The molecule has 0 heteroatoms. The number of rotatable bonds is 0. The van der Waals surface area contributed by atoms with Crippen LogP contribution in [0.15, 0.2) is 0 Å². The molecule has 0 heterocycles. The molecule has 0 nitrogen and oxygen atoms in total. The van der Waals surface area contributed by atoms with Crippen molar-refractivity contribution in [1.29, 1.82) is 0 Å². The Bertz CT molecular complexity index is 86.0. The molecule has 0 spiro atoms. The van der Waals surface area contributed by atoms with Crippen molar-refractivity contribution in [3.63, 3.8) is 0 Å². The van der Waals surface area contributed by atoms with Crippen LogP contribution in [0.25, 0.3) is 0 Å². The standard InChI is InChI=1S/C9H18/c1-7-4-5-8(2)9(3)6-7/h7-9H,4-6H2,1-3H3/t7?,8-,9?/m1/s1. The normalized spacial score (nSPS) is 45.0. The summed E-state index contributed by atoms with van der Waals surface area (Å²) in [5.41, 5.74) is 0. The van der Waals surface area contributed by atoms with Crippen molar-refractivity contribution in [2.75, 3.05) is 0 Å². The first-order chi connectivity index (χ1) is 4.20. The minimum Gasteiger partial charge on any atom is -0.0625 e. The molecule has 0 saturated heterocycles. The Morgan fingerprint density at radius 3 is 2.00 bits per heavy atom. The molecule has 0 aromatic heterocycles. The molecule has 1 rings (SSSR count). The van der Waals surface area contributed by atoms with Crippen LogP contribution in [0.5, 0.6) is 0 Å². The smallest absolute Gasteiger partial charge is 0.0414 e. The summed E-state index contributed by atoms with van der Waals surface area (Å²) >= 11 is 0. The van der Waals surface area contributed by atoms with Crippen molar-refractivity contribution in [2.24, 2.45) is 17.8 Å². The van der Waals surface area contributed by atoms with Crippen LogP contribution in [0.3, 0.4) is 0 Å². The van der Waals surface area contributed by atoms with Gasteiger partial charge in [-0.2, -0.15) is 0 Å². The summed E-state index contributed by atoms with van der Waals surface area (Å²) in [4.78, 5) is 0. The largest absolute Gasteiger partial charge is 0.0625 e. The van der Waals surface area contributed by atoms with Gasteiger partial charge in [0.05, 0.1) is 0 Å². The van der Waals surface area contributed by atoms with Gasteiger partial charge in [0.25, 0.3) is 0 Å². The Morgan fingerprint density at radius 2 is 1.56 bits per heavy atom. The second kappa shape index (κ2) is 2.72. The first-order valence-corrected chi connectivity index (χ1v) is 4.20. The van der Waals surface area contributed by atoms with E-state index in [4.69, 9.17) is 0 Å². The van der Waals surface area contributed by atoms with Crippen LogP contribution in [0.2, 0.25) is 0 Å². The Morgan fingerprint density at radius 1 is 0.889 bits per heavy atom. The van der Waals surface area contributed by atoms with Crippen molar-refractivity contribution in [3.8, 4) is 0 Å². The highest BCUT2D eigenvalue weighted by Crippen LogP contribution is 2.32. The molecule has 54 valence electrons. The molecule has 0 N–H and O–H groups in total. The van der Waals surface area contributed by atoms with E-state index in [-0.39, 0.29) is 0 Å². The van der Waals surface area contributed by atoms with Gasteiger partial charge in [0.2, 0.25) is 0 Å². The average molecular weight is 126 g/mol. The maximum absolute atomic E-state index is 2.39. The SMILES string of the molecule is CC1CC[C@@H](C)C(C)C1. The van der Waals surface area contributed by atoms with E-state index in [9.17, 15) is 0 Å². The van der Waals surface area contributed by atoms with Crippen molar-refractivity contribution < 1.29 is 0 Å². The van der Waals surface area contributed by atoms with E-state index in [1.165, 1.54) is 19.3 Å². The highest BCUT2D eigenvalue weighted by Gasteiger charge is 2.20. The Balaban J connectivity index is 2.35. The lowest BCUT2D eigenvalue weighted by Gasteiger charge is -2.29. The van der Waals surface area contributed by atoms with E-state index in [0.717, 1.165) is 17.8 Å². The number of hydrogen-bond acceptors (Lipinski definition) is 0. The summed E-state index contributed by atoms with van der Waals surface area (Å²) in [6.45, 7) is 7.15. The third-order valence-corrected chi connectivity index (χ3v) is 2.86. The predicted octanol–water partition coefficient (Wildman–Crippen LogP) is 3.08. The van der Waals surface area contributed by atoms with Crippen molar-refractivity contribution in [3.05, 3.63) is 0 Å². The topological polar surface area (TPSA) is 0 Å². The Labute approximate surface area is 58.7 Å². The molecule has 1 aliphatic rings. The van der Waals surface area contributed by atoms with Crippen molar-refractivity contribution in [2.45, 2.75) is 40.0 Å². The zero-order chi connectivity index (χ0) is 6.85. The van der Waals surface area contributed by atoms with Crippen molar-refractivity contribution >= 4 is 0 Å². The maximum Gasteiger partial charge on any atom is -0.0414 e. The molecule has 1 fully saturated rings. The van der Waals surface area contributed by atoms with E-state index in [1.807, 2.05) is 0 Å². The average Bonchev–Trinajstić information content (AvgIpc) is 1.80.